The maximum Gasteiger partial charge on any atom is 0.273 e. The van der Waals surface area contributed by atoms with Gasteiger partial charge >= 0.3 is 0 Å². The molecule has 130 valence electrons. The highest BCUT2D eigenvalue weighted by atomic mass is 35.5. The number of anilines is 1. The van der Waals surface area contributed by atoms with Gasteiger partial charge in [-0.05, 0) is 24.3 Å². The minimum Gasteiger partial charge on any atom is -0.494 e. The monoisotopic (exact) mass is 370 g/mol. The lowest BCUT2D eigenvalue weighted by molar-refractivity contribution is -0.384. The molecule has 0 saturated heterocycles. The average molecular weight is 371 g/mol. The highest BCUT2D eigenvalue weighted by Gasteiger charge is 2.13. The molecule has 0 amide bonds. The molecule has 0 unspecified atom stereocenters. The number of nitrogens with zero attached hydrogens (tertiary/aromatic N) is 3. The van der Waals surface area contributed by atoms with Crippen LogP contribution in [-0.4, -0.2) is 17.0 Å². The predicted molar refractivity (Wildman–Crippen MR) is 95.9 cm³/mol. The molecule has 3 rings (SSSR count). The highest BCUT2D eigenvalue weighted by Crippen LogP contribution is 2.30. The zero-order chi connectivity index (χ0) is 18.7. The number of halogens is 1. The summed E-state index contributed by atoms with van der Waals surface area (Å²) in [6.45, 7) is 0. The van der Waals surface area contributed by atoms with Crippen molar-refractivity contribution in [3.8, 4) is 11.8 Å². The molecule has 0 spiro atoms. The number of non-ortho nitro benzene ring substituents is 1. The molecule has 0 radical (unpaired) electrons. The van der Waals surface area contributed by atoms with Crippen molar-refractivity contribution in [2.24, 2.45) is 0 Å². The number of oxazole rings is 1. The maximum absolute atomic E-state index is 10.8. The summed E-state index contributed by atoms with van der Waals surface area (Å²) < 4.78 is 10.7. The number of nitro groups is 1. The molecule has 0 aliphatic rings. The zero-order valence-electron chi connectivity index (χ0n) is 13.4. The Bertz CT molecular complexity index is 1070. The highest BCUT2D eigenvalue weighted by molar-refractivity contribution is 6.31. The maximum atomic E-state index is 10.8. The smallest absolute Gasteiger partial charge is 0.273 e. The molecule has 26 heavy (non-hydrogen) atoms. The number of hydrogen-bond donors (Lipinski definition) is 1. The fourth-order valence-corrected chi connectivity index (χ4v) is 2.39. The zero-order valence-corrected chi connectivity index (χ0v) is 14.1. The van der Waals surface area contributed by atoms with Gasteiger partial charge < -0.3 is 14.5 Å². The molecule has 3 aromatic rings. The van der Waals surface area contributed by atoms with E-state index in [-0.39, 0.29) is 22.9 Å². The van der Waals surface area contributed by atoms with Gasteiger partial charge in [0.25, 0.3) is 5.69 Å². The number of nitrogens with one attached hydrogen (secondary N) is 1. The Labute approximate surface area is 152 Å². The van der Waals surface area contributed by atoms with Crippen LogP contribution in [0.4, 0.5) is 11.4 Å². The van der Waals surface area contributed by atoms with Crippen LogP contribution in [0.5, 0.6) is 5.75 Å². The molecule has 0 aliphatic heterocycles. The van der Waals surface area contributed by atoms with Crippen LogP contribution >= 0.6 is 11.6 Å². The van der Waals surface area contributed by atoms with E-state index in [9.17, 15) is 15.4 Å². The fourth-order valence-electron chi connectivity index (χ4n) is 2.22. The average Bonchev–Trinajstić information content (AvgIpc) is 3.05. The Balaban J connectivity index is 1.92. The number of nitriles is 1. The van der Waals surface area contributed by atoms with Gasteiger partial charge in [-0.25, -0.2) is 4.98 Å². The van der Waals surface area contributed by atoms with Crippen LogP contribution in [-0.2, 0) is 0 Å². The molecular formula is C17H11ClN4O4. The molecule has 8 nitrogen and oxygen atoms in total. The second kappa shape index (κ2) is 7.13. The molecule has 1 heterocycles. The fraction of sp³-hybridized carbons (Fsp3) is 0.0588. The van der Waals surface area contributed by atoms with E-state index in [0.717, 1.165) is 0 Å². The van der Waals surface area contributed by atoms with Crippen LogP contribution < -0.4 is 10.1 Å². The SMILES string of the molecule is COc1cc([N+](=O)[O-])ccc1N/C=C(/C#N)c1nc2cc(Cl)ccc2o1. The Hall–Kier alpha value is -3.57. The number of ether oxygens (including phenoxy) is 1. The summed E-state index contributed by atoms with van der Waals surface area (Å²) in [6.07, 6.45) is 1.38. The summed E-state index contributed by atoms with van der Waals surface area (Å²) in [5.74, 6) is 0.384. The number of allylic oxidation sites excluding steroid dienone is 1. The van der Waals surface area contributed by atoms with Crippen LogP contribution in [0.25, 0.3) is 16.7 Å². The van der Waals surface area contributed by atoms with Crippen LogP contribution in [0, 0.1) is 21.4 Å². The summed E-state index contributed by atoms with van der Waals surface area (Å²) in [5, 5.41) is 23.6. The second-order valence-electron chi connectivity index (χ2n) is 5.09. The molecule has 2 aromatic carbocycles. The van der Waals surface area contributed by atoms with E-state index >= 15 is 0 Å². The number of nitro benzene ring substituents is 1. The summed E-state index contributed by atoms with van der Waals surface area (Å²) in [4.78, 5) is 14.5. The largest absolute Gasteiger partial charge is 0.494 e. The van der Waals surface area contributed by atoms with Crippen molar-refractivity contribution in [2.45, 2.75) is 0 Å². The van der Waals surface area contributed by atoms with Crippen molar-refractivity contribution in [3.63, 3.8) is 0 Å². The van der Waals surface area contributed by atoms with Gasteiger partial charge in [0.15, 0.2) is 5.58 Å². The Morgan fingerprint density at radius 2 is 2.23 bits per heavy atom. The molecule has 0 saturated carbocycles. The van der Waals surface area contributed by atoms with E-state index in [1.165, 1.54) is 31.5 Å². The van der Waals surface area contributed by atoms with Crippen LogP contribution in [0.15, 0.2) is 47.0 Å². The van der Waals surface area contributed by atoms with Gasteiger partial charge in [-0.3, -0.25) is 10.1 Å². The van der Waals surface area contributed by atoms with Crippen molar-refractivity contribution in [2.75, 3.05) is 12.4 Å². The first-order chi connectivity index (χ1) is 12.5. The van der Waals surface area contributed by atoms with Crippen molar-refractivity contribution < 1.29 is 14.1 Å². The number of aromatic nitrogens is 1. The molecule has 0 bridgehead atoms. The third kappa shape index (κ3) is 3.43. The number of rotatable bonds is 5. The van der Waals surface area contributed by atoms with Gasteiger partial charge in [-0.2, -0.15) is 5.26 Å². The van der Waals surface area contributed by atoms with Crippen molar-refractivity contribution in [1.29, 1.82) is 5.26 Å². The lowest BCUT2D eigenvalue weighted by Gasteiger charge is -2.07. The van der Waals surface area contributed by atoms with Gasteiger partial charge in [0.2, 0.25) is 5.89 Å². The topological polar surface area (TPSA) is 114 Å². The molecule has 1 aromatic heterocycles. The van der Waals surface area contributed by atoms with E-state index in [0.29, 0.717) is 21.8 Å². The summed E-state index contributed by atoms with van der Waals surface area (Å²) in [6, 6.07) is 11.0. The first-order valence-corrected chi connectivity index (χ1v) is 7.65. The van der Waals surface area contributed by atoms with Crippen molar-refractivity contribution >= 4 is 39.6 Å². The molecule has 1 N–H and O–H groups in total. The molecular weight excluding hydrogens is 360 g/mol. The van der Waals surface area contributed by atoms with Crippen LogP contribution in [0.3, 0.4) is 0 Å². The van der Waals surface area contributed by atoms with E-state index in [1.54, 1.807) is 18.2 Å². The third-order valence-electron chi connectivity index (χ3n) is 3.47. The van der Waals surface area contributed by atoms with Crippen molar-refractivity contribution in [1.82, 2.24) is 4.98 Å². The summed E-state index contributed by atoms with van der Waals surface area (Å²) in [5.41, 5.74) is 1.51. The molecule has 9 heteroatoms. The Morgan fingerprint density at radius 3 is 2.92 bits per heavy atom. The third-order valence-corrected chi connectivity index (χ3v) is 3.70. The lowest BCUT2D eigenvalue weighted by atomic mass is 10.2. The summed E-state index contributed by atoms with van der Waals surface area (Å²) >= 11 is 5.92. The van der Waals surface area contributed by atoms with Gasteiger partial charge in [0, 0.05) is 17.3 Å². The number of methoxy groups -OCH3 is 1. The minimum absolute atomic E-state index is 0.104. The standard InChI is InChI=1S/C17H11ClN4O4/c1-25-16-7-12(22(23)24)3-4-13(16)20-9-10(8-19)17-21-14-6-11(18)2-5-15(14)26-17/h2-7,9,20H,1H3/b10-9-. The van der Waals surface area contributed by atoms with Gasteiger partial charge in [0.1, 0.15) is 22.9 Å². The van der Waals surface area contributed by atoms with E-state index in [4.69, 9.17) is 20.8 Å². The van der Waals surface area contributed by atoms with Crippen LogP contribution in [0.1, 0.15) is 5.89 Å². The summed E-state index contributed by atoms with van der Waals surface area (Å²) in [7, 11) is 1.39. The van der Waals surface area contributed by atoms with Crippen LogP contribution in [0.2, 0.25) is 5.02 Å². The first-order valence-electron chi connectivity index (χ1n) is 7.27. The molecule has 0 atom stereocenters. The normalized spacial score (nSPS) is 11.2. The van der Waals surface area contributed by atoms with Gasteiger partial charge in [-0.15, -0.1) is 0 Å². The molecule has 0 aliphatic carbocycles. The quantitative estimate of drug-likeness (QED) is 0.402. The second-order valence-corrected chi connectivity index (χ2v) is 5.52. The first kappa shape index (κ1) is 17.3. The Kier molecular flexibility index (Phi) is 4.73. The number of benzene rings is 2. The predicted octanol–water partition coefficient (Wildman–Crippen LogP) is 4.37. The van der Waals surface area contributed by atoms with Gasteiger partial charge in [-0.1, -0.05) is 11.6 Å². The van der Waals surface area contributed by atoms with E-state index in [2.05, 4.69) is 10.3 Å². The van der Waals surface area contributed by atoms with E-state index in [1.807, 2.05) is 6.07 Å². The Morgan fingerprint density at radius 1 is 1.42 bits per heavy atom. The number of hydrogen-bond acceptors (Lipinski definition) is 7. The van der Waals surface area contributed by atoms with E-state index < -0.39 is 4.92 Å². The minimum atomic E-state index is -0.522. The van der Waals surface area contributed by atoms with Crippen molar-refractivity contribution in [3.05, 3.63) is 63.6 Å². The van der Waals surface area contributed by atoms with Gasteiger partial charge in [0.05, 0.1) is 23.8 Å². The lowest BCUT2D eigenvalue weighted by Crippen LogP contribution is -1.96. The molecule has 0 fully saturated rings. The number of fused-ring (bicyclic) bond motifs is 1.